The molecule has 172 valence electrons. The van der Waals surface area contributed by atoms with Crippen LogP contribution in [0.15, 0.2) is 48.7 Å². The molecule has 3 aromatic rings. The Morgan fingerprint density at radius 1 is 1.21 bits per heavy atom. The third-order valence-corrected chi connectivity index (χ3v) is 5.39. The Morgan fingerprint density at radius 2 is 1.91 bits per heavy atom. The molecule has 0 aliphatic carbocycles. The topological polar surface area (TPSA) is 91.7 Å². The molecule has 3 rings (SSSR count). The minimum absolute atomic E-state index is 0.0337. The maximum Gasteiger partial charge on any atom is 0.250 e. The molecule has 0 bridgehead atoms. The van der Waals surface area contributed by atoms with Gasteiger partial charge in [0.05, 0.1) is 18.4 Å². The largest absolute Gasteiger partial charge is 0.519 e. The number of nitrogens with zero attached hydrogens (tertiary/aromatic N) is 3. The quantitative estimate of drug-likeness (QED) is 0.470. The molecule has 3 N–H and O–H groups in total. The zero-order valence-corrected chi connectivity index (χ0v) is 19.5. The number of nitrogens with one attached hydrogen (secondary N) is 1. The fourth-order valence-electron chi connectivity index (χ4n) is 3.70. The van der Waals surface area contributed by atoms with Gasteiger partial charge in [0.15, 0.2) is 0 Å². The van der Waals surface area contributed by atoms with E-state index in [1.807, 2.05) is 37.5 Å². The zero-order chi connectivity index (χ0) is 24.2. The molecule has 33 heavy (non-hydrogen) atoms. The van der Waals surface area contributed by atoms with E-state index in [0.29, 0.717) is 24.9 Å². The van der Waals surface area contributed by atoms with Crippen LogP contribution in [-0.4, -0.2) is 38.3 Å². The highest BCUT2D eigenvalue weighted by molar-refractivity contribution is 5.95. The summed E-state index contributed by atoms with van der Waals surface area (Å²) in [5, 5.41) is 22.7. The fraction of sp³-hybridized carbons (Fsp3) is 0.346. The van der Waals surface area contributed by atoms with Crippen molar-refractivity contribution in [3.8, 4) is 17.0 Å². The van der Waals surface area contributed by atoms with Crippen LogP contribution in [-0.2, 0) is 18.9 Å². The minimum Gasteiger partial charge on any atom is -0.519 e. The Bertz CT molecular complexity index is 1170. The molecule has 0 spiro atoms. The first-order chi connectivity index (χ1) is 15.6. The molecular formula is C26H30N4O3. The molecule has 0 aliphatic heterocycles. The summed E-state index contributed by atoms with van der Waals surface area (Å²) >= 11 is 0. The molecule has 1 atom stereocenters. The van der Waals surface area contributed by atoms with E-state index in [2.05, 4.69) is 35.5 Å². The van der Waals surface area contributed by atoms with Crippen LogP contribution in [0, 0.1) is 6.57 Å². The lowest BCUT2D eigenvalue weighted by molar-refractivity contribution is 0.0943. The smallest absolute Gasteiger partial charge is 0.250 e. The molecule has 0 aliphatic rings. The fourth-order valence-corrected chi connectivity index (χ4v) is 3.70. The lowest BCUT2D eigenvalue weighted by atomic mass is 9.96. The number of hydrogen-bond donors (Lipinski definition) is 3. The van der Waals surface area contributed by atoms with Crippen molar-refractivity contribution in [2.45, 2.75) is 45.1 Å². The average Bonchev–Trinajstić information content (AvgIpc) is 3.16. The van der Waals surface area contributed by atoms with Crippen LogP contribution in [0.1, 0.15) is 48.9 Å². The normalized spacial score (nSPS) is 12.2. The Balaban J connectivity index is 1.52. The van der Waals surface area contributed by atoms with Gasteiger partial charge in [-0.05, 0) is 36.6 Å². The zero-order valence-electron chi connectivity index (χ0n) is 19.5. The first-order valence-electron chi connectivity index (χ1n) is 10.9. The lowest BCUT2D eigenvalue weighted by Gasteiger charge is -2.17. The molecule has 2 aromatic carbocycles. The molecule has 0 unspecified atom stereocenters. The molecule has 1 heterocycles. The molecule has 7 heteroatoms. The van der Waals surface area contributed by atoms with E-state index < -0.39 is 6.10 Å². The molecule has 0 saturated heterocycles. The van der Waals surface area contributed by atoms with Gasteiger partial charge in [-0.3, -0.25) is 4.79 Å². The van der Waals surface area contributed by atoms with Gasteiger partial charge < -0.3 is 20.1 Å². The van der Waals surface area contributed by atoms with Crippen molar-refractivity contribution in [2.24, 2.45) is 7.05 Å². The number of aliphatic hydroxyl groups excluding tert-OH is 1. The number of rotatable bonds is 7. The maximum absolute atomic E-state index is 12.2. The summed E-state index contributed by atoms with van der Waals surface area (Å²) in [4.78, 5) is 20.2. The van der Waals surface area contributed by atoms with Crippen molar-refractivity contribution < 1.29 is 15.0 Å². The van der Waals surface area contributed by atoms with Gasteiger partial charge in [-0.25, -0.2) is 9.83 Å². The van der Waals surface area contributed by atoms with Crippen LogP contribution >= 0.6 is 0 Å². The number of imidazole rings is 1. The number of aromatic hydroxyl groups is 1. The van der Waals surface area contributed by atoms with Gasteiger partial charge in [-0.15, -0.1) is 0 Å². The second-order valence-corrected chi connectivity index (χ2v) is 9.23. The number of phenols is 1. The number of aromatic nitrogens is 2. The van der Waals surface area contributed by atoms with Crippen molar-refractivity contribution in [2.75, 3.05) is 6.54 Å². The molecule has 1 aromatic heterocycles. The SMILES string of the molecule is [C-]#[N+]c1cc(C(=O)NCC[C@H](O)Cc2ccc(-c3cn(C)c(C(C)(C)C)n3)cc2)ccc1O. The van der Waals surface area contributed by atoms with Crippen LogP contribution in [0.4, 0.5) is 5.69 Å². The van der Waals surface area contributed by atoms with E-state index in [4.69, 9.17) is 11.6 Å². The Kier molecular flexibility index (Phi) is 7.19. The Morgan fingerprint density at radius 3 is 2.52 bits per heavy atom. The highest BCUT2D eigenvalue weighted by atomic mass is 16.3. The molecule has 0 saturated carbocycles. The number of phenolic OH excluding ortho intramolecular Hbond substituents is 1. The van der Waals surface area contributed by atoms with Crippen LogP contribution in [0.5, 0.6) is 5.75 Å². The average molecular weight is 447 g/mol. The van der Waals surface area contributed by atoms with E-state index in [1.54, 1.807) is 0 Å². The van der Waals surface area contributed by atoms with Crippen molar-refractivity contribution in [1.29, 1.82) is 0 Å². The number of hydrogen-bond acceptors (Lipinski definition) is 4. The van der Waals surface area contributed by atoms with E-state index in [-0.39, 0.29) is 22.8 Å². The molecular weight excluding hydrogens is 416 g/mol. The maximum atomic E-state index is 12.2. The minimum atomic E-state index is -0.600. The second kappa shape index (κ2) is 9.88. The summed E-state index contributed by atoms with van der Waals surface area (Å²) < 4.78 is 2.06. The summed E-state index contributed by atoms with van der Waals surface area (Å²) in [5.74, 6) is 0.527. The van der Waals surface area contributed by atoms with Gasteiger partial charge in [-0.2, -0.15) is 0 Å². The summed E-state index contributed by atoms with van der Waals surface area (Å²) in [7, 11) is 2.01. The predicted octanol–water partition coefficient (Wildman–Crippen LogP) is 4.36. The number of carbonyl (C=O) groups excluding carboxylic acids is 1. The number of aliphatic hydroxyl groups is 1. The van der Waals surface area contributed by atoms with E-state index in [9.17, 15) is 15.0 Å². The van der Waals surface area contributed by atoms with Gasteiger partial charge in [0.2, 0.25) is 11.6 Å². The van der Waals surface area contributed by atoms with Crippen LogP contribution in [0.25, 0.3) is 16.1 Å². The van der Waals surface area contributed by atoms with E-state index >= 15 is 0 Å². The van der Waals surface area contributed by atoms with E-state index in [0.717, 1.165) is 22.6 Å². The number of carbonyl (C=O) groups is 1. The molecule has 0 radical (unpaired) electrons. The van der Waals surface area contributed by atoms with E-state index in [1.165, 1.54) is 18.2 Å². The summed E-state index contributed by atoms with van der Waals surface area (Å²) in [6.45, 7) is 13.7. The van der Waals surface area contributed by atoms with Gasteiger partial charge >= 0.3 is 0 Å². The van der Waals surface area contributed by atoms with Crippen molar-refractivity contribution in [3.63, 3.8) is 0 Å². The molecule has 7 nitrogen and oxygen atoms in total. The summed E-state index contributed by atoms with van der Waals surface area (Å²) in [6, 6.07) is 12.1. The van der Waals surface area contributed by atoms with Crippen molar-refractivity contribution in [1.82, 2.24) is 14.9 Å². The van der Waals surface area contributed by atoms with Crippen molar-refractivity contribution in [3.05, 3.63) is 77.0 Å². The van der Waals surface area contributed by atoms with Crippen molar-refractivity contribution >= 4 is 11.6 Å². The second-order valence-electron chi connectivity index (χ2n) is 9.23. The highest BCUT2D eigenvalue weighted by Gasteiger charge is 2.20. The van der Waals surface area contributed by atoms with Gasteiger partial charge in [0, 0.05) is 36.3 Å². The lowest BCUT2D eigenvalue weighted by Crippen LogP contribution is -2.27. The summed E-state index contributed by atoms with van der Waals surface area (Å²) in [5.41, 5.74) is 3.25. The number of aryl methyl sites for hydroxylation is 1. The third-order valence-electron chi connectivity index (χ3n) is 5.39. The predicted molar refractivity (Wildman–Crippen MR) is 128 cm³/mol. The monoisotopic (exact) mass is 446 g/mol. The Hall–Kier alpha value is -3.63. The van der Waals surface area contributed by atoms with Crippen LogP contribution in [0.3, 0.4) is 0 Å². The first-order valence-corrected chi connectivity index (χ1v) is 10.9. The van der Waals surface area contributed by atoms with Crippen LogP contribution in [0.2, 0.25) is 0 Å². The standard InChI is InChI=1S/C26H30N4O3/c1-26(2,3)25-29-22(16-30(25)5)18-8-6-17(7-9-18)14-20(31)12-13-28-24(33)19-10-11-23(32)21(15-19)27-4/h6-11,15-16,20,31-32H,12-14H2,1-3,5H3,(H,28,33)/t20-/m0/s1. The number of amides is 1. The van der Waals surface area contributed by atoms with Gasteiger partial charge in [-0.1, -0.05) is 45.0 Å². The molecule has 1 amide bonds. The highest BCUT2D eigenvalue weighted by Crippen LogP contribution is 2.27. The third kappa shape index (κ3) is 5.99. The van der Waals surface area contributed by atoms with Crippen LogP contribution < -0.4 is 5.32 Å². The van der Waals surface area contributed by atoms with Gasteiger partial charge in [0.25, 0.3) is 0 Å². The number of benzene rings is 2. The van der Waals surface area contributed by atoms with Gasteiger partial charge in [0.1, 0.15) is 11.6 Å². The first kappa shape index (κ1) is 24.0. The summed E-state index contributed by atoms with van der Waals surface area (Å²) in [6.07, 6.45) is 2.31. The molecule has 0 fully saturated rings. The Labute approximate surface area is 194 Å².